The molecular weight excluding hydrogens is 421 g/mol. The van der Waals surface area contributed by atoms with Gasteiger partial charge in [-0.15, -0.1) is 0 Å². The number of benzene rings is 2. The molecule has 2 aliphatic rings. The third kappa shape index (κ3) is 4.02. The number of rotatable bonds is 4. The molecule has 6 nitrogen and oxygen atoms in total. The maximum absolute atomic E-state index is 13.5. The molecule has 33 heavy (non-hydrogen) atoms. The molecule has 1 atom stereocenters. The molecule has 1 fully saturated rings. The molecule has 7 heteroatoms. The summed E-state index contributed by atoms with van der Waals surface area (Å²) in [5, 5.41) is 0. The lowest BCUT2D eigenvalue weighted by Crippen LogP contribution is -2.42. The Morgan fingerprint density at radius 1 is 1.18 bits per heavy atom. The van der Waals surface area contributed by atoms with Gasteiger partial charge in [-0.3, -0.25) is 9.69 Å². The van der Waals surface area contributed by atoms with Gasteiger partial charge in [-0.2, -0.15) is 0 Å². The third-order valence-electron chi connectivity index (χ3n) is 6.03. The van der Waals surface area contributed by atoms with E-state index in [2.05, 4.69) is 4.98 Å². The first-order valence-corrected chi connectivity index (χ1v) is 10.8. The fraction of sp³-hybridized carbons (Fsp3) is 0.231. The Hall–Kier alpha value is -3.87. The average molecular weight is 445 g/mol. The molecule has 0 bridgehead atoms. The molecule has 5 rings (SSSR count). The molecule has 0 radical (unpaired) electrons. The highest BCUT2D eigenvalue weighted by Crippen LogP contribution is 2.38. The zero-order valence-corrected chi connectivity index (χ0v) is 18.5. The normalized spacial score (nSPS) is 19.2. The number of hydrogen-bond donors (Lipinski definition) is 0. The van der Waals surface area contributed by atoms with Crippen molar-refractivity contribution in [3.63, 3.8) is 0 Å². The number of nitrogens with zero attached hydrogens (tertiary/aromatic N) is 3. The average Bonchev–Trinajstić information content (AvgIpc) is 3.27. The Kier molecular flexibility index (Phi) is 5.46. The summed E-state index contributed by atoms with van der Waals surface area (Å²) in [5.41, 5.74) is 5.09. The second-order valence-corrected chi connectivity index (χ2v) is 8.21. The third-order valence-corrected chi connectivity index (χ3v) is 6.03. The van der Waals surface area contributed by atoms with Crippen LogP contribution in [0.25, 0.3) is 11.8 Å². The maximum atomic E-state index is 13.5. The van der Waals surface area contributed by atoms with Gasteiger partial charge in [-0.25, -0.2) is 9.37 Å². The van der Waals surface area contributed by atoms with Crippen molar-refractivity contribution < 1.29 is 18.7 Å². The fourth-order valence-corrected chi connectivity index (χ4v) is 4.36. The number of fused-ring (bicyclic) bond motifs is 1. The van der Waals surface area contributed by atoms with Crippen molar-refractivity contribution in [1.29, 1.82) is 0 Å². The zero-order valence-electron chi connectivity index (χ0n) is 18.5. The smallest absolute Gasteiger partial charge is 0.254 e. The molecule has 0 saturated carbocycles. The van der Waals surface area contributed by atoms with Gasteiger partial charge >= 0.3 is 0 Å². The van der Waals surface area contributed by atoms with Crippen molar-refractivity contribution in [2.45, 2.75) is 25.8 Å². The molecule has 1 amide bonds. The summed E-state index contributed by atoms with van der Waals surface area (Å²) in [7, 11) is 1.63. The summed E-state index contributed by atoms with van der Waals surface area (Å²) in [5.74, 6) is 0.333. The van der Waals surface area contributed by atoms with E-state index in [4.69, 9.17) is 9.47 Å². The molecule has 0 N–H and O–H groups in total. The summed E-state index contributed by atoms with van der Waals surface area (Å²) in [6, 6.07) is 11.8. The van der Waals surface area contributed by atoms with E-state index >= 15 is 0 Å². The number of carbonyl (C=O) groups excluding carboxylic acids is 1. The van der Waals surface area contributed by atoms with E-state index in [0.717, 1.165) is 33.8 Å². The first-order valence-electron chi connectivity index (χ1n) is 10.8. The van der Waals surface area contributed by atoms with Gasteiger partial charge in [0.05, 0.1) is 36.6 Å². The number of imidazole rings is 1. The number of aromatic nitrogens is 2. The molecule has 3 heterocycles. The van der Waals surface area contributed by atoms with Crippen molar-refractivity contribution in [2.75, 3.05) is 13.7 Å². The number of carbonyl (C=O) groups is 1. The van der Waals surface area contributed by atoms with Gasteiger partial charge in [-0.1, -0.05) is 18.2 Å². The van der Waals surface area contributed by atoms with Crippen molar-refractivity contribution in [2.24, 2.45) is 0 Å². The van der Waals surface area contributed by atoms with Crippen molar-refractivity contribution in [3.8, 4) is 11.4 Å². The molecule has 168 valence electrons. The van der Waals surface area contributed by atoms with E-state index in [1.807, 2.05) is 42.0 Å². The number of halogens is 1. The molecule has 0 spiro atoms. The minimum Gasteiger partial charge on any atom is -0.497 e. The number of piperidine rings is 1. The summed E-state index contributed by atoms with van der Waals surface area (Å²) in [6.07, 6.45) is 8.58. The topological polar surface area (TPSA) is 56.6 Å². The van der Waals surface area contributed by atoms with Gasteiger partial charge in [0.25, 0.3) is 5.91 Å². The first-order chi connectivity index (χ1) is 16.0. The van der Waals surface area contributed by atoms with Crippen LogP contribution in [0.2, 0.25) is 0 Å². The van der Waals surface area contributed by atoms with Crippen LogP contribution in [-0.2, 0) is 9.53 Å². The van der Waals surface area contributed by atoms with Gasteiger partial charge in [0.2, 0.25) is 0 Å². The Balaban J connectivity index is 1.46. The van der Waals surface area contributed by atoms with E-state index in [0.29, 0.717) is 25.2 Å². The quantitative estimate of drug-likeness (QED) is 0.534. The van der Waals surface area contributed by atoms with Crippen LogP contribution in [0.15, 0.2) is 72.5 Å². The number of hydrogen-bond acceptors (Lipinski definition) is 4. The Labute approximate surface area is 191 Å². The predicted molar refractivity (Wildman–Crippen MR) is 122 cm³/mol. The number of allylic oxidation sites excluding steroid dienone is 1. The van der Waals surface area contributed by atoms with Crippen LogP contribution in [0.4, 0.5) is 4.39 Å². The fourth-order valence-electron chi connectivity index (χ4n) is 4.36. The molecule has 2 aromatic carbocycles. The van der Waals surface area contributed by atoms with E-state index in [9.17, 15) is 9.18 Å². The van der Waals surface area contributed by atoms with Gasteiger partial charge in [0.1, 0.15) is 24.4 Å². The van der Waals surface area contributed by atoms with Crippen molar-refractivity contribution >= 4 is 12.0 Å². The van der Waals surface area contributed by atoms with Crippen molar-refractivity contribution in [3.05, 3.63) is 95.2 Å². The van der Waals surface area contributed by atoms with Gasteiger partial charge < -0.3 is 14.0 Å². The summed E-state index contributed by atoms with van der Waals surface area (Å²) >= 11 is 0. The van der Waals surface area contributed by atoms with Gasteiger partial charge in [0.15, 0.2) is 0 Å². The molecule has 1 aromatic heterocycles. The van der Waals surface area contributed by atoms with Crippen LogP contribution < -0.4 is 4.74 Å². The standard InChI is InChI=1S/C26H24FN3O3/c1-17-13-29(16-28-17)23-10-3-18(12-25(23)32-2)11-20-6-9-22-14-33-15-24(30(22)26(20)31)19-4-7-21(27)8-5-19/h3-5,7-8,10-14,16,24H,6,9,15H2,1-2H3/b20-11-/t24-/m0/s1. The second kappa shape index (κ2) is 8.58. The zero-order chi connectivity index (χ0) is 22.9. The van der Waals surface area contributed by atoms with Crippen LogP contribution in [0.1, 0.15) is 35.7 Å². The van der Waals surface area contributed by atoms with E-state index < -0.39 is 0 Å². The summed E-state index contributed by atoms with van der Waals surface area (Å²) < 4.78 is 26.6. The minimum absolute atomic E-state index is 0.0570. The highest BCUT2D eigenvalue weighted by molar-refractivity contribution is 6.00. The number of ether oxygens (including phenoxy) is 2. The SMILES string of the molecule is COc1cc(/C=C2/CCC3=COC[C@@H](c4ccc(F)cc4)N3C2=O)ccc1-n1cnc(C)c1. The van der Waals surface area contributed by atoms with E-state index in [1.54, 1.807) is 36.7 Å². The highest BCUT2D eigenvalue weighted by Gasteiger charge is 2.36. The first kappa shape index (κ1) is 21.0. The Morgan fingerprint density at radius 3 is 2.73 bits per heavy atom. The van der Waals surface area contributed by atoms with Gasteiger partial charge in [0, 0.05) is 11.8 Å². The molecule has 1 saturated heterocycles. The maximum Gasteiger partial charge on any atom is 0.254 e. The number of methoxy groups -OCH3 is 1. The molecular formula is C26H24FN3O3. The second-order valence-electron chi connectivity index (χ2n) is 8.21. The Bertz CT molecular complexity index is 1260. The van der Waals surface area contributed by atoms with Crippen molar-refractivity contribution in [1.82, 2.24) is 14.5 Å². The predicted octanol–water partition coefficient (Wildman–Crippen LogP) is 4.95. The lowest BCUT2D eigenvalue weighted by Gasteiger charge is -2.40. The number of aryl methyl sites for hydroxylation is 1. The molecule has 2 aliphatic heterocycles. The lowest BCUT2D eigenvalue weighted by molar-refractivity contribution is -0.130. The summed E-state index contributed by atoms with van der Waals surface area (Å²) in [6.45, 7) is 2.27. The lowest BCUT2D eigenvalue weighted by atomic mass is 9.94. The van der Waals surface area contributed by atoms with E-state index in [1.165, 1.54) is 12.1 Å². The van der Waals surface area contributed by atoms with Crippen LogP contribution in [0.5, 0.6) is 5.75 Å². The van der Waals surface area contributed by atoms with E-state index in [-0.39, 0.29) is 17.8 Å². The Morgan fingerprint density at radius 2 is 2.00 bits per heavy atom. The molecule has 0 aliphatic carbocycles. The van der Waals surface area contributed by atoms with Crippen LogP contribution >= 0.6 is 0 Å². The molecule has 0 unspecified atom stereocenters. The van der Waals surface area contributed by atoms with Crippen LogP contribution in [-0.4, -0.2) is 34.1 Å². The monoisotopic (exact) mass is 445 g/mol. The summed E-state index contributed by atoms with van der Waals surface area (Å²) in [4.78, 5) is 19.6. The highest BCUT2D eigenvalue weighted by atomic mass is 19.1. The molecule has 3 aromatic rings. The van der Waals surface area contributed by atoms with Crippen LogP contribution in [0.3, 0.4) is 0 Å². The minimum atomic E-state index is -0.306. The van der Waals surface area contributed by atoms with Gasteiger partial charge in [-0.05, 0) is 61.2 Å². The van der Waals surface area contributed by atoms with Crippen LogP contribution in [0, 0.1) is 12.7 Å². The number of amides is 1. The largest absolute Gasteiger partial charge is 0.497 e.